The molecule has 1 saturated carbocycles. The van der Waals surface area contributed by atoms with Crippen LogP contribution in [0.2, 0.25) is 0 Å². The second kappa shape index (κ2) is 6.97. The van der Waals surface area contributed by atoms with Gasteiger partial charge in [-0.15, -0.1) is 5.10 Å². The summed E-state index contributed by atoms with van der Waals surface area (Å²) in [5, 5.41) is 21.5. The highest BCUT2D eigenvalue weighted by Gasteiger charge is 2.46. The summed E-state index contributed by atoms with van der Waals surface area (Å²) in [6.07, 6.45) is -2.56. The number of rotatable bonds is 5. The van der Waals surface area contributed by atoms with Gasteiger partial charge in [-0.2, -0.15) is 18.3 Å². The smallest absolute Gasteiger partial charge is 0.408 e. The van der Waals surface area contributed by atoms with E-state index in [1.54, 1.807) is 11.6 Å². The maximum Gasteiger partial charge on any atom is 0.408 e. The van der Waals surface area contributed by atoms with Gasteiger partial charge in [-0.25, -0.2) is 14.2 Å². The van der Waals surface area contributed by atoms with E-state index in [0.29, 0.717) is 29.2 Å². The molecule has 152 valence electrons. The molecule has 11 heteroatoms. The number of carbonyl (C=O) groups is 1. The minimum absolute atomic E-state index is 0.111. The molecule has 0 amide bonds. The normalized spacial score (nSPS) is 18.8. The van der Waals surface area contributed by atoms with Crippen molar-refractivity contribution in [2.45, 2.75) is 37.9 Å². The van der Waals surface area contributed by atoms with Crippen molar-refractivity contribution in [2.24, 2.45) is 0 Å². The number of hydrogen-bond donors (Lipinski definition) is 1. The molecule has 2 unspecified atom stereocenters. The molecule has 1 N–H and O–H groups in total. The Kier molecular flexibility index (Phi) is 4.72. The summed E-state index contributed by atoms with van der Waals surface area (Å²) in [5.74, 6) is -1.53. The molecule has 2 heterocycles. The van der Waals surface area contributed by atoms with E-state index in [4.69, 9.17) is 0 Å². The number of nitrogens with zero attached hydrogens (tertiary/aromatic N) is 5. The zero-order valence-electron chi connectivity index (χ0n) is 15.1. The largest absolute Gasteiger partial charge is 0.478 e. The predicted octanol–water partition coefficient (Wildman–Crippen LogP) is 4.07. The Morgan fingerprint density at radius 2 is 2.10 bits per heavy atom. The monoisotopic (exact) mass is 469 g/mol. The fraction of sp³-hybridized carbons (Fsp3) is 0.333. The van der Waals surface area contributed by atoms with Gasteiger partial charge < -0.3 is 5.11 Å². The van der Waals surface area contributed by atoms with Gasteiger partial charge in [-0.05, 0) is 31.5 Å². The maximum atomic E-state index is 12.6. The average Bonchev–Trinajstić information content (AvgIpc) is 3.13. The number of halogens is 4. The third-order valence-electron chi connectivity index (χ3n) is 4.78. The van der Waals surface area contributed by atoms with Crippen LogP contribution in [0.1, 0.15) is 45.7 Å². The molecular weight excluding hydrogens is 455 g/mol. The van der Waals surface area contributed by atoms with Crippen molar-refractivity contribution in [3.8, 4) is 5.69 Å². The number of aromatic nitrogens is 5. The van der Waals surface area contributed by atoms with E-state index < -0.39 is 18.7 Å². The van der Waals surface area contributed by atoms with Gasteiger partial charge in [-0.3, -0.25) is 0 Å². The third kappa shape index (κ3) is 3.91. The topological polar surface area (TPSA) is 85.8 Å². The van der Waals surface area contributed by atoms with Crippen LogP contribution in [0.25, 0.3) is 5.69 Å². The summed E-state index contributed by atoms with van der Waals surface area (Å²) in [7, 11) is 0. The van der Waals surface area contributed by atoms with Crippen LogP contribution in [-0.4, -0.2) is 42.0 Å². The Morgan fingerprint density at radius 3 is 2.76 bits per heavy atom. The van der Waals surface area contributed by atoms with Crippen LogP contribution in [0.3, 0.4) is 0 Å². The summed E-state index contributed by atoms with van der Waals surface area (Å²) >= 11 is 3.40. The van der Waals surface area contributed by atoms with Crippen molar-refractivity contribution in [2.75, 3.05) is 0 Å². The van der Waals surface area contributed by atoms with E-state index >= 15 is 0 Å². The minimum Gasteiger partial charge on any atom is -0.478 e. The van der Waals surface area contributed by atoms with Crippen LogP contribution in [0.4, 0.5) is 13.2 Å². The first kappa shape index (κ1) is 19.6. The lowest BCUT2D eigenvalue weighted by Crippen LogP contribution is -2.18. The van der Waals surface area contributed by atoms with Crippen molar-refractivity contribution in [1.82, 2.24) is 24.8 Å². The van der Waals surface area contributed by atoms with Gasteiger partial charge >= 0.3 is 12.1 Å². The zero-order chi connectivity index (χ0) is 20.9. The lowest BCUT2D eigenvalue weighted by Gasteiger charge is -2.09. The predicted molar refractivity (Wildman–Crippen MR) is 99.1 cm³/mol. The summed E-state index contributed by atoms with van der Waals surface area (Å²) in [5.41, 5.74) is 2.11. The molecule has 3 aromatic rings. The lowest BCUT2D eigenvalue weighted by molar-refractivity contribution is -0.142. The number of alkyl halides is 3. The van der Waals surface area contributed by atoms with Gasteiger partial charge in [0.2, 0.25) is 0 Å². The van der Waals surface area contributed by atoms with Crippen LogP contribution in [-0.2, 0) is 6.54 Å². The molecule has 0 saturated heterocycles. The van der Waals surface area contributed by atoms with Gasteiger partial charge in [0.1, 0.15) is 12.1 Å². The molecule has 1 aliphatic rings. The van der Waals surface area contributed by atoms with Crippen LogP contribution in [0, 0.1) is 6.92 Å². The maximum absolute atomic E-state index is 12.6. The number of aromatic carboxylic acids is 1. The summed E-state index contributed by atoms with van der Waals surface area (Å²) in [6, 6.07) is 7.28. The summed E-state index contributed by atoms with van der Waals surface area (Å²) in [6.45, 7) is 0.408. The molecule has 2 atom stereocenters. The molecule has 1 aliphatic carbocycles. The van der Waals surface area contributed by atoms with E-state index in [1.807, 2.05) is 24.3 Å². The van der Waals surface area contributed by atoms with Crippen LogP contribution < -0.4 is 0 Å². The lowest BCUT2D eigenvalue weighted by atomic mass is 10.1. The van der Waals surface area contributed by atoms with Gasteiger partial charge in [0.15, 0.2) is 0 Å². The molecule has 0 aliphatic heterocycles. The van der Waals surface area contributed by atoms with Gasteiger partial charge in [0.05, 0.1) is 22.8 Å². The first-order valence-corrected chi connectivity index (χ1v) is 9.49. The number of carboxylic acid groups (broad SMARTS) is 1. The summed E-state index contributed by atoms with van der Waals surface area (Å²) in [4.78, 5) is 11.9. The molecule has 0 spiro atoms. The number of aryl methyl sites for hydroxylation is 1. The number of benzene rings is 1. The quantitative estimate of drug-likeness (QED) is 0.608. The fourth-order valence-corrected chi connectivity index (χ4v) is 3.91. The van der Waals surface area contributed by atoms with E-state index in [0.717, 1.165) is 9.15 Å². The van der Waals surface area contributed by atoms with Gasteiger partial charge in [0, 0.05) is 22.5 Å². The minimum atomic E-state index is -4.39. The zero-order valence-corrected chi connectivity index (χ0v) is 16.6. The standard InChI is InChI=1S/C18H15BrF3N5O2/c1-9-15(17(28)29)16(27(24-9)11-4-2-3-10(19)5-11)13-6-12(13)14-7-26(25-23-14)8-18(20,21)22/h2-5,7,12-13H,6,8H2,1H3,(H,28,29). The first-order valence-electron chi connectivity index (χ1n) is 8.69. The Hall–Kier alpha value is -2.69. The SMILES string of the molecule is Cc1nn(-c2cccc(Br)c2)c(C2CC2c2cn(CC(F)(F)F)nn2)c1C(=O)O. The Balaban J connectivity index is 1.70. The van der Waals surface area contributed by atoms with Gasteiger partial charge in [0.25, 0.3) is 0 Å². The van der Waals surface area contributed by atoms with E-state index in [9.17, 15) is 23.1 Å². The van der Waals surface area contributed by atoms with Crippen LogP contribution in [0.15, 0.2) is 34.9 Å². The highest BCUT2D eigenvalue weighted by atomic mass is 79.9. The first-order chi connectivity index (χ1) is 13.6. The second-order valence-corrected chi connectivity index (χ2v) is 7.86. The molecule has 29 heavy (non-hydrogen) atoms. The molecule has 1 fully saturated rings. The molecule has 2 aromatic heterocycles. The molecule has 0 radical (unpaired) electrons. The van der Waals surface area contributed by atoms with Crippen molar-refractivity contribution >= 4 is 21.9 Å². The number of carboxylic acids is 1. The number of hydrogen-bond acceptors (Lipinski definition) is 4. The Morgan fingerprint density at radius 1 is 1.34 bits per heavy atom. The molecular formula is C18H15BrF3N5O2. The molecule has 4 rings (SSSR count). The second-order valence-electron chi connectivity index (χ2n) is 6.95. The van der Waals surface area contributed by atoms with E-state index in [-0.39, 0.29) is 17.4 Å². The molecule has 1 aromatic carbocycles. The van der Waals surface area contributed by atoms with Gasteiger partial charge in [-0.1, -0.05) is 27.2 Å². The fourth-order valence-electron chi connectivity index (χ4n) is 3.52. The Bertz CT molecular complexity index is 1090. The third-order valence-corrected chi connectivity index (χ3v) is 5.28. The Labute approximate surface area is 171 Å². The molecule has 7 nitrogen and oxygen atoms in total. The van der Waals surface area contributed by atoms with E-state index in [1.165, 1.54) is 6.20 Å². The van der Waals surface area contributed by atoms with Crippen molar-refractivity contribution in [1.29, 1.82) is 0 Å². The van der Waals surface area contributed by atoms with Crippen LogP contribution >= 0.6 is 15.9 Å². The highest BCUT2D eigenvalue weighted by Crippen LogP contribution is 2.55. The average molecular weight is 470 g/mol. The molecule has 0 bridgehead atoms. The van der Waals surface area contributed by atoms with E-state index in [2.05, 4.69) is 31.3 Å². The van der Waals surface area contributed by atoms with Crippen molar-refractivity contribution in [3.05, 3.63) is 57.6 Å². The van der Waals surface area contributed by atoms with Crippen molar-refractivity contribution in [3.63, 3.8) is 0 Å². The highest BCUT2D eigenvalue weighted by molar-refractivity contribution is 9.10. The summed E-state index contributed by atoms with van der Waals surface area (Å²) < 4.78 is 40.8. The van der Waals surface area contributed by atoms with Crippen LogP contribution in [0.5, 0.6) is 0 Å². The van der Waals surface area contributed by atoms with Crippen molar-refractivity contribution < 1.29 is 23.1 Å².